The minimum Gasteiger partial charge on any atom is -0.345 e. The van der Waals surface area contributed by atoms with Crippen molar-refractivity contribution < 1.29 is 0 Å². The van der Waals surface area contributed by atoms with Crippen LogP contribution in [-0.4, -0.2) is 14.1 Å². The lowest BCUT2D eigenvalue weighted by molar-refractivity contribution is 1.14. The molecule has 0 aromatic heterocycles. The fourth-order valence-corrected chi connectivity index (χ4v) is 6.34. The highest BCUT2D eigenvalue weighted by atomic mass is 15.1. The molecule has 2 heteroatoms. The van der Waals surface area contributed by atoms with Crippen LogP contribution in [0.3, 0.4) is 0 Å². The maximum atomic E-state index is 3.18. The third-order valence-corrected chi connectivity index (χ3v) is 9.07. The second kappa shape index (κ2) is 11.5. The lowest BCUT2D eigenvalue weighted by Gasteiger charge is -2.19. The van der Waals surface area contributed by atoms with Crippen molar-refractivity contribution in [2.24, 2.45) is 0 Å². The van der Waals surface area contributed by atoms with Crippen LogP contribution in [-0.2, 0) is 0 Å². The molecule has 1 aliphatic rings. The van der Waals surface area contributed by atoms with Crippen molar-refractivity contribution in [3.63, 3.8) is 0 Å². The fourth-order valence-electron chi connectivity index (χ4n) is 6.34. The summed E-state index contributed by atoms with van der Waals surface area (Å²) in [6.45, 7) is 0. The van der Waals surface area contributed by atoms with Gasteiger partial charge in [-0.05, 0) is 145 Å². The van der Waals surface area contributed by atoms with Crippen LogP contribution in [0.5, 0.6) is 0 Å². The molecule has 0 radical (unpaired) electrons. The maximum Gasteiger partial charge on any atom is 0.0924 e. The van der Waals surface area contributed by atoms with Gasteiger partial charge in [0.1, 0.15) is 0 Å². The zero-order chi connectivity index (χ0) is 31.0. The van der Waals surface area contributed by atoms with E-state index in [4.69, 9.17) is 0 Å². The Balaban J connectivity index is 1.07. The Morgan fingerprint density at radius 1 is 0.413 bits per heavy atom. The summed E-state index contributed by atoms with van der Waals surface area (Å²) < 4.78 is 0. The molecule has 218 valence electrons. The summed E-state index contributed by atoms with van der Waals surface area (Å²) in [5, 5.41) is 7.51. The van der Waals surface area contributed by atoms with E-state index in [0.717, 1.165) is 11.4 Å². The number of likely N-dealkylation sites (N-methyl/N-ethyl adjacent to an activating group) is 1. The zero-order valence-electron chi connectivity index (χ0n) is 25.9. The minimum atomic E-state index is 0.998. The van der Waals surface area contributed by atoms with E-state index < -0.39 is 0 Å². The van der Waals surface area contributed by atoms with Gasteiger partial charge in [0.25, 0.3) is 0 Å². The van der Waals surface area contributed by atoms with Gasteiger partial charge in [0, 0.05) is 31.2 Å². The first-order valence-corrected chi connectivity index (χ1v) is 15.6. The Bertz CT molecular complexity index is 2380. The number of hydrogen-bond acceptors (Lipinski definition) is 2. The Hall–Kier alpha value is -6.04. The molecular weight excluding hydrogens is 556 g/mol. The van der Waals surface area contributed by atoms with E-state index in [9.17, 15) is 0 Å². The minimum absolute atomic E-state index is 0.998. The quantitative estimate of drug-likeness (QED) is 0.141. The number of allylic oxidation sites excluding steroid dienone is 3. The van der Waals surface area contributed by atoms with E-state index in [0.29, 0.717) is 0 Å². The van der Waals surface area contributed by atoms with Crippen molar-refractivity contribution in [3.8, 4) is 22.3 Å². The predicted molar refractivity (Wildman–Crippen MR) is 197 cm³/mol. The van der Waals surface area contributed by atoms with Gasteiger partial charge in [-0.15, -0.1) is 0 Å². The van der Waals surface area contributed by atoms with E-state index in [1.165, 1.54) is 65.9 Å². The van der Waals surface area contributed by atoms with Gasteiger partial charge >= 0.3 is 0 Å². The molecule has 0 atom stereocenters. The Morgan fingerprint density at radius 3 is 1.39 bits per heavy atom. The molecular formula is C44H32N2. The number of fused-ring (bicyclic) bond motifs is 3. The van der Waals surface area contributed by atoms with E-state index in [2.05, 4.69) is 169 Å². The molecule has 0 saturated heterocycles. The van der Waals surface area contributed by atoms with Crippen molar-refractivity contribution in [1.82, 2.24) is 0 Å². The zero-order valence-corrected chi connectivity index (χ0v) is 25.9. The topological polar surface area (TPSA) is 6.48 Å². The van der Waals surface area contributed by atoms with E-state index in [-0.39, 0.29) is 0 Å². The summed E-state index contributed by atoms with van der Waals surface area (Å²) in [4.78, 5) is 4.34. The first-order chi connectivity index (χ1) is 22.6. The van der Waals surface area contributed by atoms with Crippen LogP contribution in [0.15, 0.2) is 175 Å². The van der Waals surface area contributed by atoms with Crippen LogP contribution < -0.4 is 9.80 Å². The third-order valence-electron chi connectivity index (χ3n) is 9.07. The Morgan fingerprint density at radius 2 is 0.870 bits per heavy atom. The molecule has 7 aromatic carbocycles. The molecule has 46 heavy (non-hydrogen) atoms. The molecule has 0 unspecified atom stereocenters. The Kier molecular flexibility index (Phi) is 6.86. The average molecular weight is 589 g/mol. The molecule has 0 fully saturated rings. The van der Waals surface area contributed by atoms with Gasteiger partial charge in [-0.3, -0.25) is 0 Å². The standard InChI is InChI=1S/C44H32N2/c1-45(41-9-5-3-6-10-41)43-21-17-31(18-22-43)33-13-15-35-27-40-30-38-26-34(14-16-36(38)28-39(40)29-37(35)25-33)32-19-23-44(24-20-32)46(2)42-11-7-4-8-12-42/h3-7,9-11,13-30H,1-2H3. The SMILES string of the molecule is CN(C1=C=C=CC=C1)c1ccc(-c2ccc3cc4cc5cc(-c6ccc(N(C)c7ccccc7)cc6)ccc5cc4cc3c2)cc1. The summed E-state index contributed by atoms with van der Waals surface area (Å²) >= 11 is 0. The lowest BCUT2D eigenvalue weighted by atomic mass is 9.95. The van der Waals surface area contributed by atoms with Crippen LogP contribution in [0.4, 0.5) is 17.1 Å². The van der Waals surface area contributed by atoms with Crippen LogP contribution in [0.2, 0.25) is 0 Å². The highest BCUT2D eigenvalue weighted by Gasteiger charge is 2.09. The summed E-state index contributed by atoms with van der Waals surface area (Å²) in [6.07, 6.45) is 5.90. The molecule has 0 bridgehead atoms. The highest BCUT2D eigenvalue weighted by Crippen LogP contribution is 2.34. The largest absolute Gasteiger partial charge is 0.345 e. The third kappa shape index (κ3) is 5.19. The van der Waals surface area contributed by atoms with Gasteiger partial charge in [0.05, 0.1) is 5.70 Å². The van der Waals surface area contributed by atoms with Crippen molar-refractivity contribution >= 4 is 49.4 Å². The first kappa shape index (κ1) is 27.5. The van der Waals surface area contributed by atoms with Crippen LogP contribution in [0.1, 0.15) is 0 Å². The molecule has 0 amide bonds. The number of para-hydroxylation sites is 1. The molecule has 0 N–H and O–H groups in total. The first-order valence-electron chi connectivity index (χ1n) is 15.6. The van der Waals surface area contributed by atoms with Crippen molar-refractivity contribution in [1.29, 1.82) is 0 Å². The lowest BCUT2D eigenvalue weighted by Crippen LogP contribution is -2.14. The second-order valence-corrected chi connectivity index (χ2v) is 11.9. The molecule has 8 rings (SSSR count). The summed E-state index contributed by atoms with van der Waals surface area (Å²) in [5.74, 6) is 0. The Labute approximate surface area is 269 Å². The van der Waals surface area contributed by atoms with Gasteiger partial charge in [-0.25, -0.2) is 0 Å². The van der Waals surface area contributed by atoms with Crippen molar-refractivity contribution in [2.45, 2.75) is 0 Å². The van der Waals surface area contributed by atoms with Gasteiger partial charge in [-0.2, -0.15) is 0 Å². The molecule has 0 spiro atoms. The van der Waals surface area contributed by atoms with E-state index in [1.807, 2.05) is 24.3 Å². The normalized spacial score (nSPS) is 12.2. The average Bonchev–Trinajstić information content (AvgIpc) is 3.13. The summed E-state index contributed by atoms with van der Waals surface area (Å²) in [6, 6.07) is 50.9. The van der Waals surface area contributed by atoms with Crippen molar-refractivity contribution in [3.05, 3.63) is 175 Å². The number of benzene rings is 7. The second-order valence-electron chi connectivity index (χ2n) is 11.9. The number of anilines is 3. The summed E-state index contributed by atoms with van der Waals surface area (Å²) in [7, 11) is 4.17. The maximum absolute atomic E-state index is 3.18. The van der Waals surface area contributed by atoms with E-state index in [1.54, 1.807) is 0 Å². The van der Waals surface area contributed by atoms with Gasteiger partial charge in [-0.1, -0.05) is 78.5 Å². The summed E-state index contributed by atoms with van der Waals surface area (Å²) in [5.41, 5.74) is 15.5. The number of rotatable bonds is 6. The molecule has 0 aliphatic heterocycles. The number of nitrogens with zero attached hydrogens (tertiary/aromatic N) is 2. The van der Waals surface area contributed by atoms with Crippen LogP contribution >= 0.6 is 0 Å². The van der Waals surface area contributed by atoms with Gasteiger partial charge in [0.15, 0.2) is 0 Å². The van der Waals surface area contributed by atoms with Gasteiger partial charge in [0.2, 0.25) is 0 Å². The monoisotopic (exact) mass is 588 g/mol. The molecule has 0 saturated carbocycles. The predicted octanol–water partition coefficient (Wildman–Crippen LogP) is 11.4. The molecule has 2 nitrogen and oxygen atoms in total. The molecule has 0 heterocycles. The van der Waals surface area contributed by atoms with E-state index >= 15 is 0 Å². The smallest absolute Gasteiger partial charge is 0.0924 e. The van der Waals surface area contributed by atoms with Crippen molar-refractivity contribution in [2.75, 3.05) is 23.9 Å². The highest BCUT2D eigenvalue weighted by molar-refractivity contribution is 6.06. The molecule has 1 aliphatic carbocycles. The fraction of sp³-hybridized carbons (Fsp3) is 0.0455. The van der Waals surface area contributed by atoms with Gasteiger partial charge < -0.3 is 9.80 Å². The molecule has 7 aromatic rings. The van der Waals surface area contributed by atoms with Crippen LogP contribution in [0.25, 0.3) is 54.6 Å². The number of hydrogen-bond donors (Lipinski definition) is 0. The van der Waals surface area contributed by atoms with Crippen LogP contribution in [0, 0.1) is 0 Å².